The molecule has 0 bridgehead atoms. The van der Waals surface area contributed by atoms with Crippen LogP contribution in [0.4, 0.5) is 14.5 Å². The topological polar surface area (TPSA) is 72.7 Å². The number of hydrogen-bond donors (Lipinski definition) is 1. The predicted octanol–water partition coefficient (Wildman–Crippen LogP) is 5.04. The zero-order valence-corrected chi connectivity index (χ0v) is 18.1. The van der Waals surface area contributed by atoms with Crippen molar-refractivity contribution in [2.24, 2.45) is 0 Å². The third kappa shape index (κ3) is 4.67. The summed E-state index contributed by atoms with van der Waals surface area (Å²) < 4.78 is 28.5. The minimum Gasteiger partial charge on any atom is -0.325 e. The average Bonchev–Trinajstić information content (AvgIpc) is 3.21. The fraction of sp³-hybridized carbons (Fsp3) is 0.130. The second-order valence-electron chi connectivity index (χ2n) is 7.09. The van der Waals surface area contributed by atoms with Gasteiger partial charge in [-0.15, -0.1) is 10.2 Å². The molecular formula is C23H19F2N5OS. The number of nitrogens with zero attached hydrogens (tertiary/aromatic N) is 4. The molecule has 1 unspecified atom stereocenters. The van der Waals surface area contributed by atoms with Gasteiger partial charge in [-0.3, -0.25) is 14.3 Å². The van der Waals surface area contributed by atoms with Crippen LogP contribution in [0.15, 0.2) is 72.1 Å². The lowest BCUT2D eigenvalue weighted by Gasteiger charge is -2.14. The molecule has 0 saturated heterocycles. The van der Waals surface area contributed by atoms with E-state index < -0.39 is 16.9 Å². The molecule has 1 atom stereocenters. The van der Waals surface area contributed by atoms with Gasteiger partial charge < -0.3 is 5.32 Å². The molecule has 2 aromatic carbocycles. The Labute approximate surface area is 187 Å². The SMILES string of the molecule is Cc1ccc(-n2c(SC(C)C(=O)Nc3ccc(F)c(F)c3)nnc2-c2ccncc2)cc1. The second-order valence-corrected chi connectivity index (χ2v) is 8.40. The van der Waals surface area contributed by atoms with Crippen molar-refractivity contribution in [2.75, 3.05) is 5.32 Å². The molecular weight excluding hydrogens is 432 g/mol. The highest BCUT2D eigenvalue weighted by Crippen LogP contribution is 2.30. The molecule has 4 rings (SSSR count). The quantitative estimate of drug-likeness (QED) is 0.416. The van der Waals surface area contributed by atoms with Crippen molar-refractivity contribution in [2.45, 2.75) is 24.3 Å². The van der Waals surface area contributed by atoms with Crippen LogP contribution >= 0.6 is 11.8 Å². The average molecular weight is 452 g/mol. The summed E-state index contributed by atoms with van der Waals surface area (Å²) in [4.78, 5) is 16.7. The van der Waals surface area contributed by atoms with E-state index in [9.17, 15) is 13.6 Å². The molecule has 1 N–H and O–H groups in total. The maximum Gasteiger partial charge on any atom is 0.237 e. The maximum absolute atomic E-state index is 13.5. The monoisotopic (exact) mass is 451 g/mol. The van der Waals surface area contributed by atoms with E-state index >= 15 is 0 Å². The summed E-state index contributed by atoms with van der Waals surface area (Å²) in [5.41, 5.74) is 2.97. The van der Waals surface area contributed by atoms with Gasteiger partial charge in [-0.25, -0.2) is 8.78 Å². The Hall–Kier alpha value is -3.59. The number of anilines is 1. The predicted molar refractivity (Wildman–Crippen MR) is 120 cm³/mol. The van der Waals surface area contributed by atoms with Crippen LogP contribution in [-0.2, 0) is 4.79 Å². The van der Waals surface area contributed by atoms with Crippen molar-refractivity contribution in [1.29, 1.82) is 0 Å². The number of carbonyl (C=O) groups excluding carboxylic acids is 1. The number of pyridine rings is 1. The van der Waals surface area contributed by atoms with Gasteiger partial charge in [0.25, 0.3) is 0 Å². The van der Waals surface area contributed by atoms with Crippen molar-refractivity contribution in [3.8, 4) is 17.1 Å². The molecule has 2 heterocycles. The van der Waals surface area contributed by atoms with Crippen LogP contribution in [-0.4, -0.2) is 30.9 Å². The summed E-state index contributed by atoms with van der Waals surface area (Å²) >= 11 is 1.21. The summed E-state index contributed by atoms with van der Waals surface area (Å²) in [6, 6.07) is 14.8. The number of hydrogen-bond acceptors (Lipinski definition) is 5. The minimum atomic E-state index is -1.02. The van der Waals surface area contributed by atoms with Crippen LogP contribution in [0.5, 0.6) is 0 Å². The number of thioether (sulfide) groups is 1. The van der Waals surface area contributed by atoms with Crippen LogP contribution < -0.4 is 5.32 Å². The molecule has 0 fully saturated rings. The van der Waals surface area contributed by atoms with Crippen molar-refractivity contribution in [3.05, 3.63) is 84.2 Å². The van der Waals surface area contributed by atoms with Crippen molar-refractivity contribution < 1.29 is 13.6 Å². The van der Waals surface area contributed by atoms with Crippen molar-refractivity contribution in [3.63, 3.8) is 0 Å². The normalized spacial score (nSPS) is 11.9. The number of rotatable bonds is 6. The molecule has 32 heavy (non-hydrogen) atoms. The van der Waals surface area contributed by atoms with E-state index in [1.54, 1.807) is 19.3 Å². The lowest BCUT2D eigenvalue weighted by atomic mass is 10.2. The number of nitrogens with one attached hydrogen (secondary N) is 1. The zero-order valence-electron chi connectivity index (χ0n) is 17.3. The highest BCUT2D eigenvalue weighted by atomic mass is 32.2. The van der Waals surface area contributed by atoms with Crippen molar-refractivity contribution in [1.82, 2.24) is 19.7 Å². The van der Waals surface area contributed by atoms with E-state index in [4.69, 9.17) is 0 Å². The highest BCUT2D eigenvalue weighted by molar-refractivity contribution is 8.00. The van der Waals surface area contributed by atoms with E-state index in [0.29, 0.717) is 11.0 Å². The second kappa shape index (κ2) is 9.27. The third-order valence-electron chi connectivity index (χ3n) is 4.70. The molecule has 6 nitrogen and oxygen atoms in total. The van der Waals surface area contributed by atoms with Gasteiger partial charge in [-0.2, -0.15) is 0 Å². The Bertz CT molecular complexity index is 1250. The van der Waals surface area contributed by atoms with Gasteiger partial charge in [0.2, 0.25) is 5.91 Å². The first kappa shape index (κ1) is 21.6. The van der Waals surface area contributed by atoms with Gasteiger partial charge in [-0.05, 0) is 50.2 Å². The first-order valence-electron chi connectivity index (χ1n) is 9.78. The van der Waals surface area contributed by atoms with E-state index in [1.165, 1.54) is 17.8 Å². The van der Waals surface area contributed by atoms with Gasteiger partial charge in [-0.1, -0.05) is 29.5 Å². The first-order valence-corrected chi connectivity index (χ1v) is 10.7. The molecule has 0 aliphatic carbocycles. The standard InChI is InChI=1S/C23H19F2N5OS/c1-14-3-6-18(7-4-14)30-21(16-9-11-26-12-10-16)28-29-23(30)32-15(2)22(31)27-17-5-8-19(24)20(25)13-17/h3-13,15H,1-2H3,(H,27,31). The Balaban J connectivity index is 1.62. The van der Waals surface area contributed by atoms with E-state index in [2.05, 4.69) is 20.5 Å². The third-order valence-corrected chi connectivity index (χ3v) is 5.75. The minimum absolute atomic E-state index is 0.179. The summed E-state index contributed by atoms with van der Waals surface area (Å²) in [7, 11) is 0. The van der Waals surface area contributed by atoms with E-state index in [0.717, 1.165) is 28.9 Å². The molecule has 2 aromatic heterocycles. The Morgan fingerprint density at radius 2 is 1.72 bits per heavy atom. The number of aryl methyl sites for hydroxylation is 1. The maximum atomic E-state index is 13.5. The van der Waals surface area contributed by atoms with Crippen LogP contribution in [0.25, 0.3) is 17.1 Å². The summed E-state index contributed by atoms with van der Waals surface area (Å²) in [6.45, 7) is 3.71. The molecule has 0 saturated carbocycles. The largest absolute Gasteiger partial charge is 0.325 e. The molecule has 9 heteroatoms. The van der Waals surface area contributed by atoms with Crippen LogP contribution in [0.1, 0.15) is 12.5 Å². The molecule has 0 aliphatic rings. The van der Waals surface area contributed by atoms with Gasteiger partial charge in [0.15, 0.2) is 22.6 Å². The van der Waals surface area contributed by atoms with Crippen LogP contribution in [0.3, 0.4) is 0 Å². The molecule has 0 spiro atoms. The lowest BCUT2D eigenvalue weighted by Crippen LogP contribution is -2.23. The zero-order chi connectivity index (χ0) is 22.7. The number of amides is 1. The fourth-order valence-electron chi connectivity index (χ4n) is 2.99. The molecule has 4 aromatic rings. The van der Waals surface area contributed by atoms with Gasteiger partial charge in [0.05, 0.1) is 5.25 Å². The molecule has 0 radical (unpaired) electrons. The Morgan fingerprint density at radius 3 is 2.41 bits per heavy atom. The first-order chi connectivity index (χ1) is 15.4. The van der Waals surface area contributed by atoms with E-state index in [1.807, 2.05) is 47.9 Å². The summed E-state index contributed by atoms with van der Waals surface area (Å²) in [5, 5.41) is 11.2. The van der Waals surface area contributed by atoms with Crippen molar-refractivity contribution >= 4 is 23.4 Å². The number of carbonyl (C=O) groups is 1. The molecule has 0 aliphatic heterocycles. The summed E-state index contributed by atoms with van der Waals surface area (Å²) in [6.07, 6.45) is 3.35. The Morgan fingerprint density at radius 1 is 1.00 bits per heavy atom. The Kier molecular flexibility index (Phi) is 6.27. The van der Waals surface area contributed by atoms with Gasteiger partial charge in [0.1, 0.15) is 0 Å². The number of aromatic nitrogens is 4. The number of benzene rings is 2. The summed E-state index contributed by atoms with van der Waals surface area (Å²) in [5.74, 6) is -1.75. The highest BCUT2D eigenvalue weighted by Gasteiger charge is 2.22. The van der Waals surface area contributed by atoms with Crippen LogP contribution in [0.2, 0.25) is 0 Å². The van der Waals surface area contributed by atoms with Gasteiger partial charge in [0, 0.05) is 35.4 Å². The smallest absolute Gasteiger partial charge is 0.237 e. The number of halogens is 2. The van der Waals surface area contributed by atoms with Gasteiger partial charge >= 0.3 is 0 Å². The molecule has 1 amide bonds. The lowest BCUT2D eigenvalue weighted by molar-refractivity contribution is -0.115. The van der Waals surface area contributed by atoms with E-state index in [-0.39, 0.29) is 11.6 Å². The fourth-order valence-corrected chi connectivity index (χ4v) is 3.86. The van der Waals surface area contributed by atoms with Crippen LogP contribution in [0, 0.1) is 18.6 Å². The molecule has 162 valence electrons.